The van der Waals surface area contributed by atoms with Gasteiger partial charge in [0.15, 0.2) is 0 Å². The normalized spacial score (nSPS) is 17.2. The van der Waals surface area contributed by atoms with Crippen molar-refractivity contribution in [2.75, 3.05) is 26.2 Å². The van der Waals surface area contributed by atoms with Crippen LogP contribution in [0.1, 0.15) is 17.2 Å². The molecule has 0 saturated carbocycles. The molecule has 0 amide bonds. The van der Waals surface area contributed by atoms with Gasteiger partial charge in [0.2, 0.25) is 0 Å². The van der Waals surface area contributed by atoms with Crippen LogP contribution in [0.2, 0.25) is 0 Å². The van der Waals surface area contributed by atoms with Crippen LogP contribution in [0.15, 0.2) is 39.5 Å². The molecule has 1 aromatic carbocycles. The fraction of sp³-hybridized carbons (Fsp3) is 0.333. The second kappa shape index (κ2) is 7.70. The van der Waals surface area contributed by atoms with Gasteiger partial charge in [-0.3, -0.25) is 4.90 Å². The summed E-state index contributed by atoms with van der Waals surface area (Å²) in [6.45, 7) is 4.01. The second-order valence-corrected chi connectivity index (χ2v) is 6.55. The van der Waals surface area contributed by atoms with E-state index in [0.29, 0.717) is 0 Å². The average molecular weight is 392 g/mol. The molecule has 1 aliphatic heterocycles. The van der Waals surface area contributed by atoms with E-state index >= 15 is 0 Å². The van der Waals surface area contributed by atoms with Crippen molar-refractivity contribution in [3.63, 3.8) is 0 Å². The Bertz CT molecular complexity index is 573. The molecule has 21 heavy (non-hydrogen) atoms. The summed E-state index contributed by atoms with van der Waals surface area (Å²) in [6.07, 6.45) is 0. The molecule has 1 fully saturated rings. The number of piperazine rings is 1. The molecule has 2 heterocycles. The largest absolute Gasteiger partial charge is 0.314 e. The van der Waals surface area contributed by atoms with Crippen LogP contribution < -0.4 is 5.32 Å². The van der Waals surface area contributed by atoms with E-state index in [4.69, 9.17) is 0 Å². The Kier molecular flexibility index (Phi) is 6.20. The summed E-state index contributed by atoms with van der Waals surface area (Å²) in [5, 5.41) is 7.66. The van der Waals surface area contributed by atoms with Gasteiger partial charge in [-0.05, 0) is 40.1 Å². The molecule has 0 bridgehead atoms. The molecule has 0 aliphatic carbocycles. The number of nitrogens with one attached hydrogen (secondary N) is 1. The van der Waals surface area contributed by atoms with Gasteiger partial charge in [0.1, 0.15) is 5.82 Å². The highest BCUT2D eigenvalue weighted by atomic mass is 79.9. The fourth-order valence-corrected chi connectivity index (χ4v) is 3.93. The van der Waals surface area contributed by atoms with Gasteiger partial charge < -0.3 is 5.32 Å². The third-order valence-corrected chi connectivity index (χ3v) is 5.02. The topological polar surface area (TPSA) is 15.3 Å². The molecule has 0 spiro atoms. The minimum Gasteiger partial charge on any atom is -0.314 e. The van der Waals surface area contributed by atoms with Crippen molar-refractivity contribution in [2.24, 2.45) is 0 Å². The first-order chi connectivity index (χ1) is 9.75. The van der Waals surface area contributed by atoms with Crippen molar-refractivity contribution in [3.8, 4) is 0 Å². The molecule has 0 radical (unpaired) electrons. The first kappa shape index (κ1) is 16.9. The molecule has 114 valence electrons. The predicted molar refractivity (Wildman–Crippen MR) is 92.0 cm³/mol. The molecular weight excluding hydrogens is 375 g/mol. The number of thiophene rings is 1. The predicted octanol–water partition coefficient (Wildman–Crippen LogP) is 4.07. The number of halogens is 3. The smallest absolute Gasteiger partial charge is 0.124 e. The summed E-state index contributed by atoms with van der Waals surface area (Å²) in [6, 6.07) is 7.34. The Morgan fingerprint density at radius 1 is 1.24 bits per heavy atom. The quantitative estimate of drug-likeness (QED) is 0.848. The van der Waals surface area contributed by atoms with Crippen LogP contribution in [-0.2, 0) is 0 Å². The second-order valence-electron chi connectivity index (χ2n) is 4.91. The lowest BCUT2D eigenvalue weighted by molar-refractivity contribution is 0.198. The van der Waals surface area contributed by atoms with Crippen molar-refractivity contribution in [2.45, 2.75) is 6.04 Å². The average Bonchev–Trinajstić information content (AvgIpc) is 2.97. The highest BCUT2D eigenvalue weighted by Crippen LogP contribution is 2.35. The van der Waals surface area contributed by atoms with E-state index < -0.39 is 0 Å². The van der Waals surface area contributed by atoms with Crippen LogP contribution >= 0.6 is 39.7 Å². The van der Waals surface area contributed by atoms with Gasteiger partial charge in [0.25, 0.3) is 0 Å². The lowest BCUT2D eigenvalue weighted by atomic mass is 9.99. The van der Waals surface area contributed by atoms with Crippen molar-refractivity contribution in [1.29, 1.82) is 0 Å². The number of hydrogen-bond donors (Lipinski definition) is 1. The zero-order valence-electron chi connectivity index (χ0n) is 11.4. The molecule has 3 rings (SSSR count). The van der Waals surface area contributed by atoms with E-state index in [9.17, 15) is 4.39 Å². The van der Waals surface area contributed by atoms with Gasteiger partial charge in [-0.2, -0.15) is 11.3 Å². The highest BCUT2D eigenvalue weighted by Gasteiger charge is 2.25. The Morgan fingerprint density at radius 3 is 2.62 bits per heavy atom. The van der Waals surface area contributed by atoms with Gasteiger partial charge in [0.05, 0.1) is 6.04 Å². The third kappa shape index (κ3) is 3.85. The Morgan fingerprint density at radius 2 is 2.00 bits per heavy atom. The van der Waals surface area contributed by atoms with E-state index in [-0.39, 0.29) is 24.3 Å². The Labute approximate surface area is 142 Å². The van der Waals surface area contributed by atoms with Crippen molar-refractivity contribution < 1.29 is 4.39 Å². The molecule has 2 nitrogen and oxygen atoms in total. The standard InChI is InChI=1S/C15H16BrFN2S.ClH/c16-14-9-12(17)1-2-13(14)15(11-3-8-20-10-11)19-6-4-18-5-7-19;/h1-3,8-10,15,18H,4-7H2;1H/t15-;/m1./s1. The summed E-state index contributed by atoms with van der Waals surface area (Å²) < 4.78 is 14.2. The number of hydrogen-bond acceptors (Lipinski definition) is 3. The van der Waals surface area contributed by atoms with E-state index in [1.807, 2.05) is 6.07 Å². The monoisotopic (exact) mass is 390 g/mol. The van der Waals surface area contributed by atoms with Gasteiger partial charge >= 0.3 is 0 Å². The van der Waals surface area contributed by atoms with E-state index in [1.165, 1.54) is 5.56 Å². The molecule has 1 aromatic heterocycles. The van der Waals surface area contributed by atoms with Crippen LogP contribution in [0, 0.1) is 5.82 Å². The zero-order valence-corrected chi connectivity index (χ0v) is 14.6. The van der Waals surface area contributed by atoms with E-state index in [2.05, 4.69) is 43.0 Å². The minimum atomic E-state index is -0.204. The fourth-order valence-electron chi connectivity index (χ4n) is 2.68. The number of rotatable bonds is 3. The summed E-state index contributed by atoms with van der Waals surface area (Å²) in [5.41, 5.74) is 2.41. The summed E-state index contributed by atoms with van der Waals surface area (Å²) in [5.74, 6) is -0.204. The van der Waals surface area contributed by atoms with Crippen molar-refractivity contribution in [1.82, 2.24) is 10.2 Å². The van der Waals surface area contributed by atoms with Crippen LogP contribution in [0.3, 0.4) is 0 Å². The SMILES string of the molecule is Cl.Fc1ccc([C@@H](c2ccsc2)N2CCNCC2)c(Br)c1. The maximum absolute atomic E-state index is 13.3. The summed E-state index contributed by atoms with van der Waals surface area (Å²) in [4.78, 5) is 2.45. The van der Waals surface area contributed by atoms with Crippen molar-refractivity contribution in [3.05, 3.63) is 56.4 Å². The van der Waals surface area contributed by atoms with Gasteiger partial charge in [0, 0.05) is 30.7 Å². The molecular formula is C15H17BrClFN2S. The molecule has 1 N–H and O–H groups in total. The van der Waals surface area contributed by atoms with Gasteiger partial charge in [-0.1, -0.05) is 22.0 Å². The van der Waals surface area contributed by atoms with Crippen LogP contribution in [0.5, 0.6) is 0 Å². The first-order valence-electron chi connectivity index (χ1n) is 6.67. The van der Waals surface area contributed by atoms with E-state index in [1.54, 1.807) is 23.5 Å². The van der Waals surface area contributed by atoms with Gasteiger partial charge in [-0.15, -0.1) is 12.4 Å². The van der Waals surface area contributed by atoms with Crippen LogP contribution in [0.4, 0.5) is 4.39 Å². The Balaban J connectivity index is 0.00000161. The molecule has 0 unspecified atom stereocenters. The summed E-state index contributed by atoms with van der Waals surface area (Å²) in [7, 11) is 0. The Hall–Kier alpha value is -0.460. The van der Waals surface area contributed by atoms with E-state index in [0.717, 1.165) is 36.2 Å². The number of nitrogens with zero attached hydrogens (tertiary/aromatic N) is 1. The molecule has 2 aromatic rings. The van der Waals surface area contributed by atoms with Gasteiger partial charge in [-0.25, -0.2) is 4.39 Å². The van der Waals surface area contributed by atoms with Crippen molar-refractivity contribution >= 4 is 39.7 Å². The van der Waals surface area contributed by atoms with Crippen LogP contribution in [0.25, 0.3) is 0 Å². The third-order valence-electron chi connectivity index (χ3n) is 3.63. The summed E-state index contributed by atoms with van der Waals surface area (Å²) >= 11 is 5.22. The maximum atomic E-state index is 13.3. The number of benzene rings is 1. The molecule has 1 saturated heterocycles. The lowest BCUT2D eigenvalue weighted by Crippen LogP contribution is -2.45. The maximum Gasteiger partial charge on any atom is 0.124 e. The molecule has 1 atom stereocenters. The lowest BCUT2D eigenvalue weighted by Gasteiger charge is -2.35. The minimum absolute atomic E-state index is 0. The molecule has 6 heteroatoms. The molecule has 1 aliphatic rings. The van der Waals surface area contributed by atoms with Crippen LogP contribution in [-0.4, -0.2) is 31.1 Å². The highest BCUT2D eigenvalue weighted by molar-refractivity contribution is 9.10. The zero-order chi connectivity index (χ0) is 13.9. The first-order valence-corrected chi connectivity index (χ1v) is 8.41.